The van der Waals surface area contributed by atoms with Crippen LogP contribution in [-0.2, 0) is 13.2 Å². The van der Waals surface area contributed by atoms with Gasteiger partial charge < -0.3 is 9.64 Å². The Morgan fingerprint density at radius 3 is 2.24 bits per heavy atom. The van der Waals surface area contributed by atoms with Crippen molar-refractivity contribution in [3.63, 3.8) is 0 Å². The molecule has 0 unspecified atom stereocenters. The fraction of sp³-hybridized carbons (Fsp3) is 0.240. The second kappa shape index (κ2) is 10.7. The average molecular weight is 508 g/mol. The average Bonchev–Trinajstić information content (AvgIpc) is 2.79. The van der Waals surface area contributed by atoms with Gasteiger partial charge >= 0.3 is 0 Å². The highest BCUT2D eigenvalue weighted by Crippen LogP contribution is 2.36. The van der Waals surface area contributed by atoms with E-state index in [0.717, 1.165) is 24.2 Å². The minimum absolute atomic E-state index is 0.0233. The van der Waals surface area contributed by atoms with Crippen LogP contribution in [0.3, 0.4) is 0 Å². The van der Waals surface area contributed by atoms with Gasteiger partial charge in [0.1, 0.15) is 12.4 Å². The molecule has 0 N–H and O–H groups in total. The van der Waals surface area contributed by atoms with Crippen LogP contribution in [0.15, 0.2) is 60.7 Å². The van der Waals surface area contributed by atoms with E-state index in [1.165, 1.54) is 6.07 Å². The lowest BCUT2D eigenvalue weighted by molar-refractivity contribution is 0.0628. The zero-order valence-electron chi connectivity index (χ0n) is 17.7. The predicted octanol–water partition coefficient (Wildman–Crippen LogP) is 6.32. The second-order valence-electron chi connectivity index (χ2n) is 7.89. The van der Waals surface area contributed by atoms with E-state index in [0.29, 0.717) is 46.0 Å². The van der Waals surface area contributed by atoms with Crippen LogP contribution in [0.25, 0.3) is 0 Å². The lowest BCUT2D eigenvalue weighted by Gasteiger charge is -2.34. The summed E-state index contributed by atoms with van der Waals surface area (Å²) in [5.41, 5.74) is 2.36. The zero-order chi connectivity index (χ0) is 23.4. The Labute approximate surface area is 207 Å². The van der Waals surface area contributed by atoms with Crippen LogP contribution < -0.4 is 4.74 Å². The van der Waals surface area contributed by atoms with Crippen LogP contribution >= 0.6 is 34.8 Å². The molecule has 33 heavy (non-hydrogen) atoms. The minimum Gasteiger partial charge on any atom is -0.486 e. The molecule has 1 heterocycles. The molecule has 0 spiro atoms. The molecule has 3 aromatic carbocycles. The first-order valence-electron chi connectivity index (χ1n) is 10.5. The third kappa shape index (κ3) is 6.18. The molecule has 1 aliphatic rings. The molecule has 1 amide bonds. The largest absolute Gasteiger partial charge is 0.486 e. The number of ether oxygens (including phenoxy) is 1. The van der Waals surface area contributed by atoms with Gasteiger partial charge in [-0.1, -0.05) is 59.1 Å². The van der Waals surface area contributed by atoms with E-state index in [1.807, 2.05) is 29.2 Å². The second-order valence-corrected chi connectivity index (χ2v) is 9.14. The molecule has 1 fully saturated rings. The number of hydrogen-bond donors (Lipinski definition) is 0. The fourth-order valence-corrected chi connectivity index (χ4v) is 4.73. The summed E-state index contributed by atoms with van der Waals surface area (Å²) in [6.07, 6.45) is 0. The van der Waals surface area contributed by atoms with Gasteiger partial charge in [-0.15, -0.1) is 0 Å². The lowest BCUT2D eigenvalue weighted by Crippen LogP contribution is -2.48. The Kier molecular flexibility index (Phi) is 7.76. The summed E-state index contributed by atoms with van der Waals surface area (Å²) in [4.78, 5) is 17.1. The van der Waals surface area contributed by atoms with E-state index < -0.39 is 0 Å². The predicted molar refractivity (Wildman–Crippen MR) is 130 cm³/mol. The maximum atomic E-state index is 13.4. The first-order valence-corrected chi connectivity index (χ1v) is 11.6. The van der Waals surface area contributed by atoms with Gasteiger partial charge in [-0.25, -0.2) is 4.39 Å². The number of rotatable bonds is 6. The molecule has 1 aliphatic heterocycles. The van der Waals surface area contributed by atoms with Gasteiger partial charge in [0.2, 0.25) is 0 Å². The van der Waals surface area contributed by atoms with Crippen LogP contribution in [-0.4, -0.2) is 41.9 Å². The molecule has 3 aromatic rings. The van der Waals surface area contributed by atoms with Crippen LogP contribution in [0.4, 0.5) is 4.39 Å². The number of benzene rings is 3. The quantitative estimate of drug-likeness (QED) is 0.391. The summed E-state index contributed by atoms with van der Waals surface area (Å²) in [5.74, 6) is 0.101. The van der Waals surface area contributed by atoms with Gasteiger partial charge in [0.25, 0.3) is 5.91 Å². The SMILES string of the molecule is O=C(c1cccc(COc2c(Cl)cc(Cl)cc2Cl)c1)N1CCN(Cc2cccc(F)c2)CC1. The number of nitrogens with zero attached hydrogens (tertiary/aromatic N) is 2. The molecule has 1 saturated heterocycles. The van der Waals surface area contributed by atoms with Gasteiger partial charge in [-0.2, -0.15) is 0 Å². The highest BCUT2D eigenvalue weighted by atomic mass is 35.5. The van der Waals surface area contributed by atoms with E-state index in [9.17, 15) is 9.18 Å². The Hall–Kier alpha value is -2.31. The Morgan fingerprint density at radius 1 is 0.879 bits per heavy atom. The van der Waals surface area contributed by atoms with Crippen molar-refractivity contribution in [2.24, 2.45) is 0 Å². The van der Waals surface area contributed by atoms with Crippen molar-refractivity contribution < 1.29 is 13.9 Å². The molecular weight excluding hydrogens is 486 g/mol. The number of amides is 1. The van der Waals surface area contributed by atoms with Crippen molar-refractivity contribution in [1.29, 1.82) is 0 Å². The molecule has 0 bridgehead atoms. The van der Waals surface area contributed by atoms with Gasteiger partial charge in [-0.05, 0) is 47.5 Å². The number of halogens is 4. The van der Waals surface area contributed by atoms with Crippen LogP contribution in [0.2, 0.25) is 15.1 Å². The normalized spacial score (nSPS) is 14.4. The number of piperazine rings is 1. The maximum Gasteiger partial charge on any atom is 0.253 e. The molecule has 4 nitrogen and oxygen atoms in total. The van der Waals surface area contributed by atoms with Crippen molar-refractivity contribution >= 4 is 40.7 Å². The molecule has 0 aliphatic carbocycles. The monoisotopic (exact) mass is 506 g/mol. The summed E-state index contributed by atoms with van der Waals surface area (Å²) >= 11 is 18.3. The standard InChI is InChI=1S/C25H22Cl3FN2O2/c26-20-13-22(27)24(23(28)14-20)33-16-18-4-1-5-19(11-18)25(32)31-9-7-30(8-10-31)15-17-3-2-6-21(29)12-17/h1-6,11-14H,7-10,15-16H2. The molecule has 172 valence electrons. The summed E-state index contributed by atoms with van der Waals surface area (Å²) < 4.78 is 19.2. The molecule has 0 radical (unpaired) electrons. The van der Waals surface area contributed by atoms with E-state index >= 15 is 0 Å². The highest BCUT2D eigenvalue weighted by molar-refractivity contribution is 6.40. The topological polar surface area (TPSA) is 32.8 Å². The summed E-state index contributed by atoms with van der Waals surface area (Å²) in [7, 11) is 0. The number of hydrogen-bond acceptors (Lipinski definition) is 3. The molecule has 0 aromatic heterocycles. The summed E-state index contributed by atoms with van der Waals surface area (Å²) in [6.45, 7) is 3.58. The third-order valence-corrected chi connectivity index (χ3v) is 6.25. The number of carbonyl (C=O) groups excluding carboxylic acids is 1. The molecule has 0 atom stereocenters. The van der Waals surface area contributed by atoms with Crippen molar-refractivity contribution in [2.75, 3.05) is 26.2 Å². The van der Waals surface area contributed by atoms with E-state index in [1.54, 1.807) is 30.3 Å². The highest BCUT2D eigenvalue weighted by Gasteiger charge is 2.22. The number of carbonyl (C=O) groups is 1. The first kappa shape index (κ1) is 23.8. The Balaban J connectivity index is 1.34. The lowest BCUT2D eigenvalue weighted by atomic mass is 10.1. The van der Waals surface area contributed by atoms with Gasteiger partial charge in [-0.3, -0.25) is 9.69 Å². The van der Waals surface area contributed by atoms with Gasteiger partial charge in [0.15, 0.2) is 5.75 Å². The maximum absolute atomic E-state index is 13.4. The van der Waals surface area contributed by atoms with Crippen LogP contribution in [0, 0.1) is 5.82 Å². The van der Waals surface area contributed by atoms with Crippen LogP contribution in [0.5, 0.6) is 5.75 Å². The molecule has 0 saturated carbocycles. The minimum atomic E-state index is -0.231. The zero-order valence-corrected chi connectivity index (χ0v) is 20.0. The third-order valence-electron chi connectivity index (χ3n) is 5.47. The summed E-state index contributed by atoms with van der Waals surface area (Å²) in [5, 5.41) is 1.09. The van der Waals surface area contributed by atoms with Gasteiger partial charge in [0.05, 0.1) is 10.0 Å². The van der Waals surface area contributed by atoms with Gasteiger partial charge in [0, 0.05) is 43.3 Å². The Morgan fingerprint density at radius 2 is 1.55 bits per heavy atom. The molecule has 4 rings (SSSR count). The van der Waals surface area contributed by atoms with Crippen molar-refractivity contribution in [3.8, 4) is 5.75 Å². The van der Waals surface area contributed by atoms with Crippen LogP contribution in [0.1, 0.15) is 21.5 Å². The van der Waals surface area contributed by atoms with Crippen molar-refractivity contribution in [1.82, 2.24) is 9.80 Å². The van der Waals surface area contributed by atoms with Crippen molar-refractivity contribution in [3.05, 3.63) is 98.2 Å². The molecule has 8 heteroatoms. The van der Waals surface area contributed by atoms with E-state index in [2.05, 4.69) is 4.90 Å². The smallest absolute Gasteiger partial charge is 0.253 e. The molecular formula is C25H22Cl3FN2O2. The van der Waals surface area contributed by atoms with E-state index in [-0.39, 0.29) is 18.3 Å². The Bertz CT molecular complexity index is 1130. The first-order chi connectivity index (χ1) is 15.9. The fourth-order valence-electron chi connectivity index (χ4n) is 3.80. The van der Waals surface area contributed by atoms with E-state index in [4.69, 9.17) is 39.5 Å². The summed E-state index contributed by atoms with van der Waals surface area (Å²) in [6, 6.07) is 17.1. The van der Waals surface area contributed by atoms with Crippen molar-refractivity contribution in [2.45, 2.75) is 13.2 Å².